The van der Waals surface area contributed by atoms with Crippen molar-refractivity contribution in [1.82, 2.24) is 0 Å². The van der Waals surface area contributed by atoms with E-state index in [9.17, 15) is 18.0 Å². The van der Waals surface area contributed by atoms with Gasteiger partial charge in [-0.2, -0.15) is 0 Å². The van der Waals surface area contributed by atoms with Crippen LogP contribution in [0.3, 0.4) is 0 Å². The maximum absolute atomic E-state index is 13.4. The summed E-state index contributed by atoms with van der Waals surface area (Å²) < 4.78 is 30.8. The van der Waals surface area contributed by atoms with Crippen LogP contribution in [-0.2, 0) is 24.2 Å². The van der Waals surface area contributed by atoms with Gasteiger partial charge in [-0.1, -0.05) is 18.2 Å². The van der Waals surface area contributed by atoms with Crippen LogP contribution >= 0.6 is 0 Å². The number of carbonyl (C=O) groups is 2. The van der Waals surface area contributed by atoms with Gasteiger partial charge < -0.3 is 4.74 Å². The molecular weight excluding hydrogens is 328 g/mol. The van der Waals surface area contributed by atoms with Crippen LogP contribution in [0, 0.1) is 0 Å². The van der Waals surface area contributed by atoms with Gasteiger partial charge >= 0.3 is 0 Å². The van der Waals surface area contributed by atoms with E-state index in [1.165, 1.54) is 18.2 Å². The number of Topliss-reactive ketones (excluding diaryl/α,β-unsaturated/α-hetero) is 2. The van der Waals surface area contributed by atoms with Gasteiger partial charge in [-0.05, 0) is 44.6 Å². The summed E-state index contributed by atoms with van der Waals surface area (Å²) in [6, 6.07) is 7.87. The molecule has 0 aromatic heterocycles. The third-order valence-electron chi connectivity index (χ3n) is 4.70. The zero-order valence-electron chi connectivity index (χ0n) is 13.9. The fraction of sp³-hybridized carbons (Fsp3) is 0.444. The average Bonchev–Trinajstić information content (AvgIpc) is 2.49. The molecule has 6 heteroatoms. The van der Waals surface area contributed by atoms with Gasteiger partial charge in [0.15, 0.2) is 26.2 Å². The van der Waals surface area contributed by atoms with Crippen molar-refractivity contribution in [2.45, 2.75) is 55.0 Å². The lowest BCUT2D eigenvalue weighted by Crippen LogP contribution is -2.64. The molecule has 0 unspecified atom stereocenters. The Morgan fingerprint density at radius 2 is 1.75 bits per heavy atom. The van der Waals surface area contributed by atoms with Crippen molar-refractivity contribution >= 4 is 21.4 Å². The van der Waals surface area contributed by atoms with E-state index in [1.807, 2.05) is 0 Å². The highest BCUT2D eigenvalue weighted by molar-refractivity contribution is 7.94. The molecule has 1 fully saturated rings. The van der Waals surface area contributed by atoms with Crippen LogP contribution in [0.15, 0.2) is 46.9 Å². The molecule has 1 heterocycles. The molecule has 5 nitrogen and oxygen atoms in total. The molecule has 3 rings (SSSR count). The van der Waals surface area contributed by atoms with Gasteiger partial charge in [0.1, 0.15) is 0 Å². The first-order chi connectivity index (χ1) is 11.1. The molecule has 1 saturated heterocycles. The second-order valence-electron chi connectivity index (χ2n) is 7.03. The lowest BCUT2D eigenvalue weighted by molar-refractivity contribution is -0.156. The quantitative estimate of drug-likeness (QED) is 0.819. The number of rotatable bonds is 2. The first kappa shape index (κ1) is 17.0. The zero-order valence-corrected chi connectivity index (χ0v) is 14.7. The van der Waals surface area contributed by atoms with E-state index >= 15 is 0 Å². The third kappa shape index (κ3) is 2.36. The minimum atomic E-state index is -4.04. The van der Waals surface area contributed by atoms with Gasteiger partial charge in [-0.15, -0.1) is 0 Å². The standard InChI is InChI=1S/C18H20O5S/c1-12-10-18(24(21,22)13-7-5-4-6-8-13)15(20)11-17(2,3)23-16(18)9-14(12)19/h4-8,10,16H,9,11H2,1-3H3/t16-,18+/m1/s1. The van der Waals surface area contributed by atoms with Crippen molar-refractivity contribution in [3.8, 4) is 0 Å². The molecule has 0 bridgehead atoms. The van der Waals surface area contributed by atoms with E-state index in [0.29, 0.717) is 5.57 Å². The predicted octanol–water partition coefficient (Wildman–Crippen LogP) is 2.25. The van der Waals surface area contributed by atoms with Crippen molar-refractivity contribution in [3.05, 3.63) is 42.0 Å². The number of fused-ring (bicyclic) bond motifs is 1. The lowest BCUT2D eigenvalue weighted by atomic mass is 9.78. The van der Waals surface area contributed by atoms with Gasteiger partial charge in [-0.25, -0.2) is 8.42 Å². The molecule has 2 atom stereocenters. The Labute approximate surface area is 141 Å². The van der Waals surface area contributed by atoms with Crippen LogP contribution in [-0.4, -0.2) is 36.4 Å². The molecule has 0 radical (unpaired) electrons. The fourth-order valence-corrected chi connectivity index (χ4v) is 5.60. The molecule has 1 aromatic rings. The van der Waals surface area contributed by atoms with Crippen molar-refractivity contribution < 1.29 is 22.7 Å². The topological polar surface area (TPSA) is 77.5 Å². The Bertz CT molecular complexity index is 835. The second-order valence-corrected chi connectivity index (χ2v) is 9.18. The number of benzene rings is 1. The highest BCUT2D eigenvalue weighted by Gasteiger charge is 2.62. The molecule has 128 valence electrons. The highest BCUT2D eigenvalue weighted by Crippen LogP contribution is 2.45. The van der Waals surface area contributed by atoms with Crippen LogP contribution in [0.1, 0.15) is 33.6 Å². The van der Waals surface area contributed by atoms with E-state index in [2.05, 4.69) is 0 Å². The molecule has 0 saturated carbocycles. The van der Waals surface area contributed by atoms with Gasteiger partial charge in [0, 0.05) is 12.8 Å². The summed E-state index contributed by atoms with van der Waals surface area (Å²) >= 11 is 0. The van der Waals surface area contributed by atoms with Crippen LogP contribution in [0.25, 0.3) is 0 Å². The zero-order chi connectivity index (χ0) is 17.8. The summed E-state index contributed by atoms with van der Waals surface area (Å²) in [4.78, 5) is 25.2. The normalized spacial score (nSPS) is 29.8. The van der Waals surface area contributed by atoms with E-state index < -0.39 is 32.1 Å². The summed E-state index contributed by atoms with van der Waals surface area (Å²) in [5.41, 5.74) is -0.501. The molecule has 2 aliphatic rings. The first-order valence-electron chi connectivity index (χ1n) is 7.84. The van der Waals surface area contributed by atoms with Crippen LogP contribution < -0.4 is 0 Å². The maximum atomic E-state index is 13.4. The summed E-state index contributed by atoms with van der Waals surface area (Å²) in [5, 5.41) is 0. The van der Waals surface area contributed by atoms with E-state index in [4.69, 9.17) is 4.74 Å². The third-order valence-corrected chi connectivity index (χ3v) is 7.09. The number of carbonyl (C=O) groups excluding carboxylic acids is 2. The van der Waals surface area contributed by atoms with Gasteiger partial charge in [0.25, 0.3) is 0 Å². The Kier molecular flexibility index (Phi) is 3.81. The van der Waals surface area contributed by atoms with Crippen molar-refractivity contribution in [2.24, 2.45) is 0 Å². The Hall–Kier alpha value is -1.79. The van der Waals surface area contributed by atoms with E-state index in [-0.39, 0.29) is 23.5 Å². The molecule has 1 aromatic carbocycles. The molecule has 1 aliphatic carbocycles. The Balaban J connectivity index is 2.27. The van der Waals surface area contributed by atoms with Crippen LogP contribution in [0.5, 0.6) is 0 Å². The van der Waals surface area contributed by atoms with Gasteiger partial charge in [0.05, 0.1) is 16.6 Å². The minimum absolute atomic E-state index is 0.0203. The van der Waals surface area contributed by atoms with Crippen LogP contribution in [0.4, 0.5) is 0 Å². The fourth-order valence-electron chi connectivity index (χ4n) is 3.51. The van der Waals surface area contributed by atoms with Gasteiger partial charge in [-0.3, -0.25) is 9.59 Å². The van der Waals surface area contributed by atoms with Gasteiger partial charge in [0.2, 0.25) is 0 Å². The Morgan fingerprint density at radius 3 is 2.38 bits per heavy atom. The summed E-state index contributed by atoms with van der Waals surface area (Å²) in [6.45, 7) is 5.02. The molecular formula is C18H20O5S. The monoisotopic (exact) mass is 348 g/mol. The van der Waals surface area contributed by atoms with Crippen molar-refractivity contribution in [3.63, 3.8) is 0 Å². The summed E-state index contributed by atoms with van der Waals surface area (Å²) in [7, 11) is -4.04. The average molecular weight is 348 g/mol. The smallest absolute Gasteiger partial charge is 0.197 e. The number of ketones is 2. The molecule has 0 N–H and O–H groups in total. The molecule has 1 aliphatic heterocycles. The molecule has 0 spiro atoms. The van der Waals surface area contributed by atoms with E-state index in [1.54, 1.807) is 39.0 Å². The summed E-state index contributed by atoms with van der Waals surface area (Å²) in [5.74, 6) is -0.608. The number of sulfone groups is 1. The molecule has 24 heavy (non-hydrogen) atoms. The predicted molar refractivity (Wildman–Crippen MR) is 88.3 cm³/mol. The Morgan fingerprint density at radius 1 is 1.12 bits per heavy atom. The first-order valence-corrected chi connectivity index (χ1v) is 9.32. The largest absolute Gasteiger partial charge is 0.369 e. The van der Waals surface area contributed by atoms with E-state index in [0.717, 1.165) is 0 Å². The van der Waals surface area contributed by atoms with Crippen molar-refractivity contribution in [2.75, 3.05) is 0 Å². The highest BCUT2D eigenvalue weighted by atomic mass is 32.2. The number of ether oxygens (including phenoxy) is 1. The summed E-state index contributed by atoms with van der Waals surface area (Å²) in [6.07, 6.45) is 0.177. The second kappa shape index (κ2) is 5.36. The van der Waals surface area contributed by atoms with Crippen LogP contribution in [0.2, 0.25) is 0 Å². The number of allylic oxidation sites excluding steroid dienone is 1. The maximum Gasteiger partial charge on any atom is 0.197 e. The number of hydrogen-bond donors (Lipinski definition) is 0. The minimum Gasteiger partial charge on any atom is -0.369 e. The lowest BCUT2D eigenvalue weighted by Gasteiger charge is -2.47. The molecule has 0 amide bonds. The SMILES string of the molecule is CC1=C[C@]2(S(=O)(=O)c3ccccc3)C(=O)CC(C)(C)O[C@@H]2CC1=O. The van der Waals surface area contributed by atoms with Crippen molar-refractivity contribution in [1.29, 1.82) is 0 Å². The number of hydrogen-bond acceptors (Lipinski definition) is 5.